The van der Waals surface area contributed by atoms with E-state index in [1.165, 1.54) is 12.4 Å². The minimum Gasteiger partial charge on any atom is -0.476 e. The van der Waals surface area contributed by atoms with Crippen LogP contribution in [0.15, 0.2) is 41.1 Å². The van der Waals surface area contributed by atoms with Crippen molar-refractivity contribution in [2.24, 2.45) is 0 Å². The molecule has 5 nitrogen and oxygen atoms in total. The summed E-state index contributed by atoms with van der Waals surface area (Å²) < 4.78 is 6.36. The maximum absolute atomic E-state index is 10.6. The van der Waals surface area contributed by atoms with E-state index in [0.717, 1.165) is 10.0 Å². The van der Waals surface area contributed by atoms with E-state index in [1.54, 1.807) is 0 Å². The third-order valence-corrected chi connectivity index (χ3v) is 2.62. The first-order chi connectivity index (χ1) is 8.65. The summed E-state index contributed by atoms with van der Waals surface area (Å²) in [5.41, 5.74) is 0.873. The molecule has 0 saturated carbocycles. The van der Waals surface area contributed by atoms with Gasteiger partial charge in [-0.25, -0.2) is 14.8 Å². The normalized spacial score (nSPS) is 10.1. The lowest BCUT2D eigenvalue weighted by molar-refractivity contribution is 0.0689. The highest BCUT2D eigenvalue weighted by molar-refractivity contribution is 9.10. The quantitative estimate of drug-likeness (QED) is 0.939. The summed E-state index contributed by atoms with van der Waals surface area (Å²) in [4.78, 5) is 18.2. The van der Waals surface area contributed by atoms with E-state index in [1.807, 2.05) is 24.3 Å². The molecule has 0 atom stereocenters. The second-order valence-corrected chi connectivity index (χ2v) is 4.38. The molecule has 1 aromatic heterocycles. The standard InChI is InChI=1S/C12H9BrN2O3/c13-9-3-1-2-8(4-9)7-18-11-6-14-10(5-15-11)12(16)17/h1-6H,7H2,(H,16,17). The Hall–Kier alpha value is -1.95. The highest BCUT2D eigenvalue weighted by Crippen LogP contribution is 2.13. The van der Waals surface area contributed by atoms with Crippen LogP contribution >= 0.6 is 15.9 Å². The fraction of sp³-hybridized carbons (Fsp3) is 0.0833. The lowest BCUT2D eigenvalue weighted by Crippen LogP contribution is -2.03. The summed E-state index contributed by atoms with van der Waals surface area (Å²) in [6.07, 6.45) is 2.46. The Morgan fingerprint density at radius 3 is 2.78 bits per heavy atom. The van der Waals surface area contributed by atoms with Crippen LogP contribution in [-0.4, -0.2) is 21.0 Å². The highest BCUT2D eigenvalue weighted by atomic mass is 79.9. The van der Waals surface area contributed by atoms with Crippen LogP contribution in [0.4, 0.5) is 0 Å². The molecule has 0 aliphatic heterocycles. The van der Waals surface area contributed by atoms with Crippen molar-refractivity contribution in [1.29, 1.82) is 0 Å². The summed E-state index contributed by atoms with van der Waals surface area (Å²) in [5.74, 6) is -0.819. The van der Waals surface area contributed by atoms with E-state index in [9.17, 15) is 4.79 Å². The summed E-state index contributed by atoms with van der Waals surface area (Å²) in [5, 5.41) is 8.67. The topological polar surface area (TPSA) is 72.3 Å². The van der Waals surface area contributed by atoms with Gasteiger partial charge in [0.2, 0.25) is 5.88 Å². The molecular formula is C12H9BrN2O3. The maximum Gasteiger partial charge on any atom is 0.356 e. The molecule has 0 saturated heterocycles. The van der Waals surface area contributed by atoms with Crippen LogP contribution < -0.4 is 4.74 Å². The largest absolute Gasteiger partial charge is 0.476 e. The molecule has 0 amide bonds. The van der Waals surface area contributed by atoms with Gasteiger partial charge in [-0.1, -0.05) is 28.1 Å². The van der Waals surface area contributed by atoms with Gasteiger partial charge in [-0.05, 0) is 17.7 Å². The van der Waals surface area contributed by atoms with Crippen LogP contribution in [0.1, 0.15) is 16.1 Å². The number of hydrogen-bond acceptors (Lipinski definition) is 4. The van der Waals surface area contributed by atoms with Crippen LogP contribution in [-0.2, 0) is 6.61 Å². The van der Waals surface area contributed by atoms with Crippen LogP contribution in [0, 0.1) is 0 Å². The second-order valence-electron chi connectivity index (χ2n) is 3.46. The number of benzene rings is 1. The Kier molecular flexibility index (Phi) is 3.88. The third kappa shape index (κ3) is 3.27. The summed E-state index contributed by atoms with van der Waals surface area (Å²) in [6, 6.07) is 7.68. The van der Waals surface area contributed by atoms with E-state index < -0.39 is 5.97 Å². The Bertz CT molecular complexity index is 558. The summed E-state index contributed by atoms with van der Waals surface area (Å²) in [7, 11) is 0. The van der Waals surface area contributed by atoms with Gasteiger partial charge < -0.3 is 9.84 Å². The molecular weight excluding hydrogens is 300 g/mol. The van der Waals surface area contributed by atoms with Crippen LogP contribution in [0.3, 0.4) is 0 Å². The number of ether oxygens (including phenoxy) is 1. The van der Waals surface area contributed by atoms with Gasteiger partial charge in [-0.3, -0.25) is 0 Å². The van der Waals surface area contributed by atoms with Crippen molar-refractivity contribution < 1.29 is 14.6 Å². The van der Waals surface area contributed by atoms with Crippen molar-refractivity contribution in [1.82, 2.24) is 9.97 Å². The summed E-state index contributed by atoms with van der Waals surface area (Å²) in [6.45, 7) is 0.348. The number of aromatic carboxylic acids is 1. The first-order valence-corrected chi connectivity index (χ1v) is 5.87. The van der Waals surface area contributed by atoms with Gasteiger partial charge in [-0.15, -0.1) is 0 Å². The van der Waals surface area contributed by atoms with Gasteiger partial charge >= 0.3 is 5.97 Å². The Morgan fingerprint density at radius 1 is 1.33 bits per heavy atom. The number of halogens is 1. The van der Waals surface area contributed by atoms with Crippen molar-refractivity contribution in [3.05, 3.63) is 52.4 Å². The molecule has 0 radical (unpaired) electrons. The van der Waals surface area contributed by atoms with Crippen LogP contribution in [0.5, 0.6) is 5.88 Å². The molecule has 0 fully saturated rings. The van der Waals surface area contributed by atoms with Crippen molar-refractivity contribution in [2.75, 3.05) is 0 Å². The van der Waals surface area contributed by atoms with Gasteiger partial charge in [0.25, 0.3) is 0 Å². The molecule has 92 valence electrons. The Labute approximate surface area is 112 Å². The number of carboxylic acid groups (broad SMARTS) is 1. The SMILES string of the molecule is O=C(O)c1cnc(OCc2cccc(Br)c2)cn1. The number of nitrogens with zero attached hydrogens (tertiary/aromatic N) is 2. The Morgan fingerprint density at radius 2 is 2.17 bits per heavy atom. The molecule has 0 unspecified atom stereocenters. The first kappa shape index (κ1) is 12.5. The van der Waals surface area contributed by atoms with Crippen LogP contribution in [0.25, 0.3) is 0 Å². The van der Waals surface area contributed by atoms with E-state index in [2.05, 4.69) is 25.9 Å². The maximum atomic E-state index is 10.6. The third-order valence-electron chi connectivity index (χ3n) is 2.12. The Balaban J connectivity index is 2.00. The number of carboxylic acids is 1. The monoisotopic (exact) mass is 308 g/mol. The van der Waals surface area contributed by atoms with E-state index in [4.69, 9.17) is 9.84 Å². The van der Waals surface area contributed by atoms with E-state index in [-0.39, 0.29) is 5.69 Å². The molecule has 18 heavy (non-hydrogen) atoms. The molecule has 1 heterocycles. The van der Waals surface area contributed by atoms with Crippen molar-refractivity contribution in [3.63, 3.8) is 0 Å². The molecule has 0 aliphatic carbocycles. The highest BCUT2D eigenvalue weighted by Gasteiger charge is 2.05. The smallest absolute Gasteiger partial charge is 0.356 e. The molecule has 6 heteroatoms. The molecule has 0 bridgehead atoms. The van der Waals surface area contributed by atoms with Gasteiger partial charge in [0.1, 0.15) is 6.61 Å². The van der Waals surface area contributed by atoms with Gasteiger partial charge in [0.15, 0.2) is 5.69 Å². The first-order valence-electron chi connectivity index (χ1n) is 5.08. The number of aromatic nitrogens is 2. The number of rotatable bonds is 4. The fourth-order valence-corrected chi connectivity index (χ4v) is 1.73. The van der Waals surface area contributed by atoms with Crippen molar-refractivity contribution >= 4 is 21.9 Å². The minimum absolute atomic E-state index is 0.107. The van der Waals surface area contributed by atoms with Gasteiger partial charge in [0, 0.05) is 4.47 Å². The summed E-state index contributed by atoms with van der Waals surface area (Å²) >= 11 is 3.37. The predicted molar refractivity (Wildman–Crippen MR) is 67.5 cm³/mol. The predicted octanol–water partition coefficient (Wildman–Crippen LogP) is 2.52. The fourth-order valence-electron chi connectivity index (χ4n) is 1.29. The van der Waals surface area contributed by atoms with E-state index in [0.29, 0.717) is 12.5 Å². The number of hydrogen-bond donors (Lipinski definition) is 1. The minimum atomic E-state index is -1.11. The van der Waals surface area contributed by atoms with E-state index >= 15 is 0 Å². The molecule has 1 aromatic carbocycles. The number of carbonyl (C=O) groups is 1. The zero-order chi connectivity index (χ0) is 13.0. The second kappa shape index (κ2) is 5.59. The molecule has 1 N–H and O–H groups in total. The van der Waals surface area contributed by atoms with Gasteiger partial charge in [0.05, 0.1) is 12.4 Å². The van der Waals surface area contributed by atoms with Crippen molar-refractivity contribution in [2.45, 2.75) is 6.61 Å². The lowest BCUT2D eigenvalue weighted by atomic mass is 10.2. The molecule has 2 rings (SSSR count). The molecule has 0 aliphatic rings. The average Bonchev–Trinajstić information content (AvgIpc) is 2.37. The lowest BCUT2D eigenvalue weighted by Gasteiger charge is -2.05. The van der Waals surface area contributed by atoms with Crippen LogP contribution in [0.2, 0.25) is 0 Å². The zero-order valence-corrected chi connectivity index (χ0v) is 10.8. The van der Waals surface area contributed by atoms with Crippen molar-refractivity contribution in [3.8, 4) is 5.88 Å². The zero-order valence-electron chi connectivity index (χ0n) is 9.21. The average molecular weight is 309 g/mol. The van der Waals surface area contributed by atoms with Gasteiger partial charge in [-0.2, -0.15) is 0 Å². The molecule has 2 aromatic rings. The molecule has 0 spiro atoms.